The maximum atomic E-state index is 12.8. The highest BCUT2D eigenvalue weighted by Gasteiger charge is 2.33. The van der Waals surface area contributed by atoms with E-state index in [0.717, 1.165) is 18.4 Å². The summed E-state index contributed by atoms with van der Waals surface area (Å²) >= 11 is 0. The molecule has 114 valence electrons. The van der Waals surface area contributed by atoms with E-state index >= 15 is 0 Å². The number of methoxy groups -OCH3 is 1. The Morgan fingerprint density at radius 2 is 2.10 bits per heavy atom. The summed E-state index contributed by atoms with van der Waals surface area (Å²) in [5.41, 5.74) is 7.17. The molecule has 1 fully saturated rings. The standard InChI is InChI=1S/C16H22N2O3/c1-21-16(20)14-8-4-5-11-18(14)15(19)13-7-3-2-6-12(13)9-10-17/h2-3,6-7,14H,4-5,8-11,17H2,1H3. The van der Waals surface area contributed by atoms with Crippen molar-refractivity contribution in [2.24, 2.45) is 5.73 Å². The monoisotopic (exact) mass is 290 g/mol. The van der Waals surface area contributed by atoms with Gasteiger partial charge in [-0.1, -0.05) is 18.2 Å². The lowest BCUT2D eigenvalue weighted by Gasteiger charge is -2.34. The minimum absolute atomic E-state index is 0.103. The van der Waals surface area contributed by atoms with E-state index in [0.29, 0.717) is 31.5 Å². The number of ether oxygens (including phenoxy) is 1. The van der Waals surface area contributed by atoms with Crippen molar-refractivity contribution in [3.63, 3.8) is 0 Å². The fraction of sp³-hybridized carbons (Fsp3) is 0.500. The Bertz CT molecular complexity index is 516. The molecule has 0 radical (unpaired) electrons. The van der Waals surface area contributed by atoms with Gasteiger partial charge in [0, 0.05) is 12.1 Å². The van der Waals surface area contributed by atoms with Crippen molar-refractivity contribution in [2.75, 3.05) is 20.2 Å². The molecular weight excluding hydrogens is 268 g/mol. The Morgan fingerprint density at radius 1 is 1.33 bits per heavy atom. The third kappa shape index (κ3) is 3.42. The van der Waals surface area contributed by atoms with Gasteiger partial charge in [0.05, 0.1) is 7.11 Å². The van der Waals surface area contributed by atoms with Gasteiger partial charge in [0.15, 0.2) is 0 Å². The predicted molar refractivity (Wildman–Crippen MR) is 79.9 cm³/mol. The molecule has 0 aromatic heterocycles. The number of hydrogen-bond acceptors (Lipinski definition) is 4. The number of hydrogen-bond donors (Lipinski definition) is 1. The SMILES string of the molecule is COC(=O)C1CCCCN1C(=O)c1ccccc1CCN. The summed E-state index contributed by atoms with van der Waals surface area (Å²) in [4.78, 5) is 26.3. The van der Waals surface area contributed by atoms with Gasteiger partial charge in [-0.15, -0.1) is 0 Å². The van der Waals surface area contributed by atoms with E-state index in [2.05, 4.69) is 0 Å². The van der Waals surface area contributed by atoms with Crippen LogP contribution in [0.2, 0.25) is 0 Å². The molecule has 0 spiro atoms. The van der Waals surface area contributed by atoms with Gasteiger partial charge in [0.25, 0.3) is 5.91 Å². The van der Waals surface area contributed by atoms with Crippen LogP contribution in [0.1, 0.15) is 35.2 Å². The van der Waals surface area contributed by atoms with E-state index in [4.69, 9.17) is 10.5 Å². The van der Waals surface area contributed by atoms with Crippen molar-refractivity contribution < 1.29 is 14.3 Å². The Morgan fingerprint density at radius 3 is 2.81 bits per heavy atom. The van der Waals surface area contributed by atoms with Crippen LogP contribution in [0.5, 0.6) is 0 Å². The number of benzene rings is 1. The predicted octanol–water partition coefficient (Wildman–Crippen LogP) is 1.36. The van der Waals surface area contributed by atoms with Gasteiger partial charge >= 0.3 is 5.97 Å². The van der Waals surface area contributed by atoms with Crippen LogP contribution in [-0.4, -0.2) is 43.0 Å². The third-order valence-corrected chi connectivity index (χ3v) is 3.90. The van der Waals surface area contributed by atoms with E-state index in [1.165, 1.54) is 7.11 Å². The van der Waals surface area contributed by atoms with Crippen molar-refractivity contribution in [3.8, 4) is 0 Å². The summed E-state index contributed by atoms with van der Waals surface area (Å²) in [7, 11) is 1.36. The van der Waals surface area contributed by atoms with Crippen molar-refractivity contribution in [3.05, 3.63) is 35.4 Å². The first-order valence-electron chi connectivity index (χ1n) is 7.35. The van der Waals surface area contributed by atoms with E-state index in [-0.39, 0.29) is 11.9 Å². The minimum Gasteiger partial charge on any atom is -0.467 e. The van der Waals surface area contributed by atoms with Gasteiger partial charge in [-0.2, -0.15) is 0 Å². The van der Waals surface area contributed by atoms with Gasteiger partial charge in [-0.05, 0) is 43.9 Å². The van der Waals surface area contributed by atoms with Crippen LogP contribution in [0.15, 0.2) is 24.3 Å². The first kappa shape index (κ1) is 15.5. The van der Waals surface area contributed by atoms with Crippen LogP contribution >= 0.6 is 0 Å². The minimum atomic E-state index is -0.470. The Labute approximate surface area is 125 Å². The molecule has 2 rings (SSSR count). The molecule has 5 heteroatoms. The number of esters is 1. The summed E-state index contributed by atoms with van der Waals surface area (Å²) in [6, 6.07) is 6.98. The van der Waals surface area contributed by atoms with E-state index in [1.807, 2.05) is 18.2 Å². The number of nitrogens with two attached hydrogens (primary N) is 1. The number of rotatable bonds is 4. The molecule has 1 aromatic rings. The normalized spacial score (nSPS) is 18.4. The van der Waals surface area contributed by atoms with Gasteiger partial charge < -0.3 is 15.4 Å². The number of carbonyl (C=O) groups is 2. The number of piperidine rings is 1. The van der Waals surface area contributed by atoms with E-state index < -0.39 is 6.04 Å². The van der Waals surface area contributed by atoms with Gasteiger partial charge in [-0.25, -0.2) is 4.79 Å². The van der Waals surface area contributed by atoms with Gasteiger partial charge in [-0.3, -0.25) is 4.79 Å². The molecule has 1 amide bonds. The zero-order chi connectivity index (χ0) is 15.2. The summed E-state index contributed by atoms with van der Waals surface area (Å²) < 4.78 is 4.83. The van der Waals surface area contributed by atoms with Crippen LogP contribution in [0.25, 0.3) is 0 Å². The van der Waals surface area contributed by atoms with Gasteiger partial charge in [0.2, 0.25) is 0 Å². The van der Waals surface area contributed by atoms with E-state index in [1.54, 1.807) is 11.0 Å². The number of amides is 1. The van der Waals surface area contributed by atoms with Crippen LogP contribution in [0.3, 0.4) is 0 Å². The topological polar surface area (TPSA) is 72.6 Å². The highest BCUT2D eigenvalue weighted by Crippen LogP contribution is 2.22. The average molecular weight is 290 g/mol. The maximum absolute atomic E-state index is 12.8. The summed E-state index contributed by atoms with van der Waals surface area (Å²) in [5.74, 6) is -0.437. The molecule has 1 aromatic carbocycles. The quantitative estimate of drug-likeness (QED) is 0.850. The molecule has 1 heterocycles. The van der Waals surface area contributed by atoms with Crippen molar-refractivity contribution in [2.45, 2.75) is 31.7 Å². The summed E-state index contributed by atoms with van der Waals surface area (Å²) in [6.45, 7) is 1.08. The molecule has 1 saturated heterocycles. The first-order valence-corrected chi connectivity index (χ1v) is 7.35. The van der Waals surface area contributed by atoms with Crippen LogP contribution < -0.4 is 5.73 Å². The number of likely N-dealkylation sites (tertiary alicyclic amines) is 1. The molecule has 0 bridgehead atoms. The Kier molecular flexibility index (Phi) is 5.33. The van der Waals surface area contributed by atoms with E-state index in [9.17, 15) is 9.59 Å². The summed E-state index contributed by atoms with van der Waals surface area (Å²) in [6.07, 6.45) is 3.17. The van der Waals surface area contributed by atoms with Gasteiger partial charge in [0.1, 0.15) is 6.04 Å². The first-order chi connectivity index (χ1) is 10.2. The van der Waals surface area contributed by atoms with Crippen molar-refractivity contribution in [1.29, 1.82) is 0 Å². The smallest absolute Gasteiger partial charge is 0.328 e. The highest BCUT2D eigenvalue weighted by molar-refractivity contribution is 5.98. The largest absolute Gasteiger partial charge is 0.467 e. The molecule has 2 N–H and O–H groups in total. The highest BCUT2D eigenvalue weighted by atomic mass is 16.5. The lowest BCUT2D eigenvalue weighted by molar-refractivity contribution is -0.147. The third-order valence-electron chi connectivity index (χ3n) is 3.90. The fourth-order valence-electron chi connectivity index (χ4n) is 2.81. The molecule has 21 heavy (non-hydrogen) atoms. The molecule has 0 saturated carbocycles. The number of nitrogens with zero attached hydrogens (tertiary/aromatic N) is 1. The molecule has 0 aliphatic carbocycles. The second-order valence-corrected chi connectivity index (χ2v) is 5.23. The number of carbonyl (C=O) groups excluding carboxylic acids is 2. The fourth-order valence-corrected chi connectivity index (χ4v) is 2.81. The molecular formula is C16H22N2O3. The molecule has 1 unspecified atom stereocenters. The lowest BCUT2D eigenvalue weighted by Crippen LogP contribution is -2.48. The van der Waals surface area contributed by atoms with Crippen molar-refractivity contribution >= 4 is 11.9 Å². The molecule has 1 aliphatic heterocycles. The second-order valence-electron chi connectivity index (χ2n) is 5.23. The van der Waals surface area contributed by atoms with Crippen LogP contribution in [0.4, 0.5) is 0 Å². The Hall–Kier alpha value is -1.88. The van der Waals surface area contributed by atoms with Crippen LogP contribution in [-0.2, 0) is 16.0 Å². The molecule has 5 nitrogen and oxygen atoms in total. The zero-order valence-electron chi connectivity index (χ0n) is 12.4. The maximum Gasteiger partial charge on any atom is 0.328 e. The lowest BCUT2D eigenvalue weighted by atomic mass is 9.98. The molecule has 1 aliphatic rings. The zero-order valence-corrected chi connectivity index (χ0v) is 12.4. The Balaban J connectivity index is 2.27. The molecule has 1 atom stereocenters. The summed E-state index contributed by atoms with van der Waals surface area (Å²) in [5, 5.41) is 0. The average Bonchev–Trinajstić information content (AvgIpc) is 2.54. The van der Waals surface area contributed by atoms with Crippen molar-refractivity contribution in [1.82, 2.24) is 4.90 Å². The second kappa shape index (κ2) is 7.22. The van der Waals surface area contributed by atoms with Crippen LogP contribution in [0, 0.1) is 0 Å².